The molecule has 0 aliphatic rings. The van der Waals surface area contributed by atoms with Gasteiger partial charge in [0, 0.05) is 11.8 Å². The molecule has 0 bridgehead atoms. The lowest BCUT2D eigenvalue weighted by atomic mass is 10.3. The maximum atomic E-state index is 12.1. The maximum absolute atomic E-state index is 12.1. The van der Waals surface area contributed by atoms with Gasteiger partial charge in [0.15, 0.2) is 19.7 Å². The van der Waals surface area contributed by atoms with Crippen LogP contribution >= 0.6 is 0 Å². The Kier molecular flexibility index (Phi) is 4.81. The van der Waals surface area contributed by atoms with Gasteiger partial charge >= 0.3 is 0 Å². The van der Waals surface area contributed by atoms with Crippen molar-refractivity contribution in [3.05, 3.63) is 18.2 Å². The Balaban J connectivity index is 3.07. The number of anilines is 1. The molecule has 6 nitrogen and oxygen atoms in total. The standard InChI is InChI=1S/C11H17NO5S2/c1-3-18(13,14)6-7-19(15,16)11-8-9(17-2)4-5-10(11)12/h4-5,8H,3,6-7,12H2,1-2H3. The SMILES string of the molecule is CCS(=O)(=O)CCS(=O)(=O)c1cc(OC)ccc1N. The number of sulfone groups is 2. The molecule has 0 fully saturated rings. The number of rotatable bonds is 6. The summed E-state index contributed by atoms with van der Waals surface area (Å²) in [7, 11) is -5.69. The first-order valence-electron chi connectivity index (χ1n) is 5.58. The van der Waals surface area contributed by atoms with Crippen molar-refractivity contribution in [1.82, 2.24) is 0 Å². The smallest absolute Gasteiger partial charge is 0.181 e. The van der Waals surface area contributed by atoms with E-state index in [2.05, 4.69) is 0 Å². The van der Waals surface area contributed by atoms with E-state index >= 15 is 0 Å². The first-order chi connectivity index (χ1) is 8.72. The molecule has 0 saturated heterocycles. The van der Waals surface area contributed by atoms with Crippen molar-refractivity contribution in [2.75, 3.05) is 30.1 Å². The zero-order valence-corrected chi connectivity index (χ0v) is 12.4. The van der Waals surface area contributed by atoms with Crippen molar-refractivity contribution in [3.63, 3.8) is 0 Å². The quantitative estimate of drug-likeness (QED) is 0.767. The lowest BCUT2D eigenvalue weighted by molar-refractivity contribution is 0.413. The van der Waals surface area contributed by atoms with Gasteiger partial charge in [0.05, 0.1) is 29.2 Å². The topological polar surface area (TPSA) is 104 Å². The van der Waals surface area contributed by atoms with Crippen LogP contribution in [-0.2, 0) is 19.7 Å². The Morgan fingerprint density at radius 1 is 1.16 bits per heavy atom. The summed E-state index contributed by atoms with van der Waals surface area (Å²) in [4.78, 5) is -0.0989. The second kappa shape index (κ2) is 5.79. The van der Waals surface area contributed by atoms with Gasteiger partial charge in [-0.25, -0.2) is 16.8 Å². The molecule has 1 aromatic carbocycles. The molecule has 0 heterocycles. The van der Waals surface area contributed by atoms with Crippen molar-refractivity contribution in [2.24, 2.45) is 0 Å². The fraction of sp³-hybridized carbons (Fsp3) is 0.455. The van der Waals surface area contributed by atoms with Crippen molar-refractivity contribution < 1.29 is 21.6 Å². The molecule has 108 valence electrons. The monoisotopic (exact) mass is 307 g/mol. The van der Waals surface area contributed by atoms with E-state index in [1.807, 2.05) is 0 Å². The summed E-state index contributed by atoms with van der Waals surface area (Å²) in [6.45, 7) is 1.47. The molecule has 0 aliphatic carbocycles. The fourth-order valence-electron chi connectivity index (χ4n) is 1.40. The van der Waals surface area contributed by atoms with Crippen molar-refractivity contribution in [1.29, 1.82) is 0 Å². The van der Waals surface area contributed by atoms with E-state index in [-0.39, 0.29) is 16.3 Å². The summed E-state index contributed by atoms with van der Waals surface area (Å²) >= 11 is 0. The van der Waals surface area contributed by atoms with Crippen LogP contribution < -0.4 is 10.5 Å². The molecule has 2 N–H and O–H groups in total. The Labute approximate surface area is 113 Å². The summed E-state index contributed by atoms with van der Waals surface area (Å²) in [6.07, 6.45) is 0. The number of hydrogen-bond acceptors (Lipinski definition) is 6. The normalized spacial score (nSPS) is 12.3. The van der Waals surface area contributed by atoms with Crippen LogP contribution in [0.25, 0.3) is 0 Å². The number of ether oxygens (including phenoxy) is 1. The van der Waals surface area contributed by atoms with Gasteiger partial charge in [-0.05, 0) is 12.1 Å². The number of nitrogen functional groups attached to an aromatic ring is 1. The van der Waals surface area contributed by atoms with Gasteiger partial charge in [-0.1, -0.05) is 6.92 Å². The van der Waals surface area contributed by atoms with Crippen molar-refractivity contribution in [3.8, 4) is 5.75 Å². The van der Waals surface area contributed by atoms with E-state index < -0.39 is 31.2 Å². The molecule has 0 amide bonds. The molecule has 0 spiro atoms. The highest BCUT2D eigenvalue weighted by molar-refractivity contribution is 7.95. The van der Waals surface area contributed by atoms with Gasteiger partial charge in [0.2, 0.25) is 0 Å². The maximum Gasteiger partial charge on any atom is 0.181 e. The predicted octanol–water partition coefficient (Wildman–Crippen LogP) is 0.486. The zero-order chi connectivity index (χ0) is 14.7. The minimum absolute atomic E-state index is 0.0784. The van der Waals surface area contributed by atoms with Crippen LogP contribution in [0.5, 0.6) is 5.75 Å². The van der Waals surface area contributed by atoms with E-state index in [0.717, 1.165) is 0 Å². The molecule has 1 rings (SSSR count). The van der Waals surface area contributed by atoms with Crippen LogP contribution in [0.1, 0.15) is 6.92 Å². The molecular formula is C11H17NO5S2. The van der Waals surface area contributed by atoms with Gasteiger partial charge in [-0.3, -0.25) is 0 Å². The van der Waals surface area contributed by atoms with Crippen LogP contribution in [0.4, 0.5) is 5.69 Å². The summed E-state index contributed by atoms with van der Waals surface area (Å²) in [6, 6.07) is 4.25. The molecule has 0 saturated carbocycles. The molecule has 0 aliphatic heterocycles. The first kappa shape index (κ1) is 15.8. The summed E-state index contributed by atoms with van der Waals surface area (Å²) in [5.74, 6) is -0.634. The highest BCUT2D eigenvalue weighted by atomic mass is 32.2. The first-order valence-corrected chi connectivity index (χ1v) is 9.06. The Hall–Kier alpha value is -1.28. The molecular weight excluding hydrogens is 290 g/mol. The minimum atomic E-state index is -3.75. The van der Waals surface area contributed by atoms with E-state index in [1.165, 1.54) is 32.2 Å². The molecule has 19 heavy (non-hydrogen) atoms. The average Bonchev–Trinajstić information content (AvgIpc) is 2.37. The van der Waals surface area contributed by atoms with E-state index in [0.29, 0.717) is 5.75 Å². The predicted molar refractivity (Wildman–Crippen MR) is 73.8 cm³/mol. The Bertz CT molecular complexity index is 650. The largest absolute Gasteiger partial charge is 0.497 e. The lowest BCUT2D eigenvalue weighted by Crippen LogP contribution is -2.19. The van der Waals surface area contributed by atoms with Crippen LogP contribution in [-0.4, -0.2) is 41.2 Å². The van der Waals surface area contributed by atoms with Crippen LogP contribution in [0.3, 0.4) is 0 Å². The molecule has 0 unspecified atom stereocenters. The van der Waals surface area contributed by atoms with E-state index in [1.54, 1.807) is 0 Å². The second-order valence-electron chi connectivity index (χ2n) is 3.96. The fourth-order valence-corrected chi connectivity index (χ4v) is 4.53. The van der Waals surface area contributed by atoms with Crippen LogP contribution in [0, 0.1) is 0 Å². The van der Waals surface area contributed by atoms with Crippen LogP contribution in [0.15, 0.2) is 23.1 Å². The second-order valence-corrected chi connectivity index (χ2v) is 8.51. The van der Waals surface area contributed by atoms with E-state index in [4.69, 9.17) is 10.5 Å². The third kappa shape index (κ3) is 4.10. The molecule has 8 heteroatoms. The van der Waals surface area contributed by atoms with E-state index in [9.17, 15) is 16.8 Å². The Morgan fingerprint density at radius 2 is 1.79 bits per heavy atom. The third-order valence-electron chi connectivity index (χ3n) is 2.66. The molecule has 0 aromatic heterocycles. The summed E-state index contributed by atoms with van der Waals surface area (Å²) in [5.41, 5.74) is 5.70. The van der Waals surface area contributed by atoms with Crippen LogP contribution in [0.2, 0.25) is 0 Å². The van der Waals surface area contributed by atoms with Gasteiger partial charge < -0.3 is 10.5 Å². The molecule has 0 radical (unpaired) electrons. The van der Waals surface area contributed by atoms with Crippen molar-refractivity contribution in [2.45, 2.75) is 11.8 Å². The highest BCUT2D eigenvalue weighted by Crippen LogP contribution is 2.25. The average molecular weight is 307 g/mol. The number of hydrogen-bond donors (Lipinski definition) is 1. The Morgan fingerprint density at radius 3 is 2.32 bits per heavy atom. The van der Waals surface area contributed by atoms with Crippen molar-refractivity contribution >= 4 is 25.4 Å². The van der Waals surface area contributed by atoms with Gasteiger partial charge in [-0.2, -0.15) is 0 Å². The lowest BCUT2D eigenvalue weighted by Gasteiger charge is -2.09. The summed E-state index contributed by atoms with van der Waals surface area (Å²) in [5, 5.41) is 0. The highest BCUT2D eigenvalue weighted by Gasteiger charge is 2.21. The molecule has 0 atom stereocenters. The number of nitrogens with two attached hydrogens (primary N) is 1. The summed E-state index contributed by atoms with van der Waals surface area (Å²) < 4.78 is 51.8. The molecule has 1 aromatic rings. The van der Waals surface area contributed by atoms with Gasteiger partial charge in [0.1, 0.15) is 5.75 Å². The third-order valence-corrected chi connectivity index (χ3v) is 6.39. The minimum Gasteiger partial charge on any atom is -0.497 e. The van der Waals surface area contributed by atoms with Gasteiger partial charge in [-0.15, -0.1) is 0 Å². The van der Waals surface area contributed by atoms with Gasteiger partial charge in [0.25, 0.3) is 0 Å². The zero-order valence-electron chi connectivity index (χ0n) is 10.8. The number of benzene rings is 1. The number of methoxy groups -OCH3 is 1.